The van der Waals surface area contributed by atoms with Gasteiger partial charge in [-0.1, -0.05) is 0 Å². The van der Waals surface area contributed by atoms with E-state index in [0.717, 1.165) is 11.4 Å². The van der Waals surface area contributed by atoms with Crippen LogP contribution in [0, 0.1) is 18.6 Å². The average molecular weight is 289 g/mol. The molecular formula is C10H10F3N5S. The van der Waals surface area contributed by atoms with Crippen molar-refractivity contribution >= 4 is 18.4 Å². The molecule has 0 aliphatic carbocycles. The van der Waals surface area contributed by atoms with Gasteiger partial charge in [0, 0.05) is 17.0 Å². The summed E-state index contributed by atoms with van der Waals surface area (Å²) in [7, 11) is 0. The Bertz CT molecular complexity index is 676. The number of nitrogens with zero attached hydrogens (tertiary/aromatic N) is 3. The molecule has 0 saturated carbocycles. The second kappa shape index (κ2) is 4.65. The first-order valence-corrected chi connectivity index (χ1v) is 5.65. The summed E-state index contributed by atoms with van der Waals surface area (Å²) in [6, 6.07) is 1.77. The summed E-state index contributed by atoms with van der Waals surface area (Å²) >= 11 is 4.72. The first kappa shape index (κ1) is 13.5. The molecule has 2 aromatic heterocycles. The fraction of sp³-hybridized carbons (Fsp3) is 0.300. The second-order valence-corrected chi connectivity index (χ2v) is 4.33. The Morgan fingerprint density at radius 2 is 2.11 bits per heavy atom. The van der Waals surface area contributed by atoms with E-state index in [1.807, 2.05) is 6.92 Å². The lowest BCUT2D eigenvalue weighted by Gasteiger charge is -2.03. The molecule has 0 saturated heterocycles. The van der Waals surface area contributed by atoms with Crippen LogP contribution in [0.3, 0.4) is 0 Å². The zero-order valence-corrected chi connectivity index (χ0v) is 10.9. The van der Waals surface area contributed by atoms with Gasteiger partial charge in [-0.25, -0.2) is 5.10 Å². The molecule has 9 heteroatoms. The SMILES string of the molecule is Cc1cc(/C=N/n2c(C(F)(F)F)n[nH]c2=S)c(C)[nH]1. The molecule has 2 rings (SSSR count). The molecule has 102 valence electrons. The van der Waals surface area contributed by atoms with E-state index in [0.29, 0.717) is 10.2 Å². The highest BCUT2D eigenvalue weighted by atomic mass is 32.1. The third-order valence-electron chi connectivity index (χ3n) is 2.41. The second-order valence-electron chi connectivity index (χ2n) is 3.94. The maximum absolute atomic E-state index is 12.6. The lowest BCUT2D eigenvalue weighted by atomic mass is 10.3. The number of hydrogen-bond donors (Lipinski definition) is 2. The van der Waals surface area contributed by atoms with E-state index in [1.54, 1.807) is 13.0 Å². The number of halogens is 3. The van der Waals surface area contributed by atoms with Crippen LogP contribution in [0.25, 0.3) is 0 Å². The topological polar surface area (TPSA) is 61.8 Å². The zero-order chi connectivity index (χ0) is 14.2. The molecule has 0 aromatic carbocycles. The summed E-state index contributed by atoms with van der Waals surface area (Å²) in [5, 5.41) is 8.93. The minimum atomic E-state index is -4.62. The molecule has 2 aromatic rings. The zero-order valence-electron chi connectivity index (χ0n) is 10.0. The standard InChI is InChI=1S/C10H10F3N5S/c1-5-3-7(6(2)15-5)4-14-18-8(10(11,12)13)16-17-9(18)19/h3-4,15H,1-2H3,(H,17,19)/b14-4+. The molecule has 0 spiro atoms. The lowest BCUT2D eigenvalue weighted by molar-refractivity contribution is -0.147. The number of aromatic amines is 2. The highest BCUT2D eigenvalue weighted by Gasteiger charge is 2.37. The van der Waals surface area contributed by atoms with Gasteiger partial charge in [0.25, 0.3) is 5.82 Å². The van der Waals surface area contributed by atoms with Gasteiger partial charge in [0.1, 0.15) is 0 Å². The van der Waals surface area contributed by atoms with Crippen LogP contribution in [-0.2, 0) is 6.18 Å². The lowest BCUT2D eigenvalue weighted by Crippen LogP contribution is -2.12. The van der Waals surface area contributed by atoms with Crippen LogP contribution in [0.5, 0.6) is 0 Å². The Hall–Kier alpha value is -1.90. The third-order valence-corrected chi connectivity index (χ3v) is 2.67. The smallest absolute Gasteiger partial charge is 0.362 e. The van der Waals surface area contributed by atoms with Gasteiger partial charge >= 0.3 is 6.18 Å². The number of rotatable bonds is 2. The van der Waals surface area contributed by atoms with Crippen LogP contribution in [0.1, 0.15) is 22.8 Å². The van der Waals surface area contributed by atoms with Crippen molar-refractivity contribution in [1.82, 2.24) is 19.9 Å². The van der Waals surface area contributed by atoms with E-state index in [4.69, 9.17) is 12.2 Å². The number of aromatic nitrogens is 4. The first-order chi connectivity index (χ1) is 8.79. The summed E-state index contributed by atoms with van der Waals surface area (Å²) in [5.74, 6) is -1.18. The molecule has 0 atom stereocenters. The predicted octanol–water partition coefficient (Wildman–Crippen LogP) is 2.79. The van der Waals surface area contributed by atoms with E-state index in [9.17, 15) is 13.2 Å². The summed E-state index contributed by atoms with van der Waals surface area (Å²) in [4.78, 5) is 3.02. The summed E-state index contributed by atoms with van der Waals surface area (Å²) in [6.07, 6.45) is -3.31. The molecule has 5 nitrogen and oxygen atoms in total. The van der Waals surface area contributed by atoms with Gasteiger partial charge in [0.15, 0.2) is 0 Å². The number of aryl methyl sites for hydroxylation is 2. The van der Waals surface area contributed by atoms with Gasteiger partial charge in [-0.3, -0.25) is 0 Å². The molecule has 0 aliphatic heterocycles. The van der Waals surface area contributed by atoms with Crippen molar-refractivity contribution in [2.75, 3.05) is 0 Å². The van der Waals surface area contributed by atoms with Gasteiger partial charge in [0.2, 0.25) is 4.77 Å². The fourth-order valence-corrected chi connectivity index (χ4v) is 1.76. The minimum Gasteiger partial charge on any atom is -0.362 e. The summed E-state index contributed by atoms with van der Waals surface area (Å²) in [5.41, 5.74) is 2.39. The van der Waals surface area contributed by atoms with Crippen molar-refractivity contribution in [1.29, 1.82) is 0 Å². The average Bonchev–Trinajstić information content (AvgIpc) is 2.78. The minimum absolute atomic E-state index is 0.214. The van der Waals surface area contributed by atoms with Crippen LogP contribution in [0.15, 0.2) is 11.2 Å². The van der Waals surface area contributed by atoms with E-state index >= 15 is 0 Å². The van der Waals surface area contributed by atoms with Crippen molar-refractivity contribution in [3.05, 3.63) is 33.6 Å². The molecule has 2 heterocycles. The number of nitrogens with one attached hydrogen (secondary N) is 2. The molecular weight excluding hydrogens is 279 g/mol. The molecule has 0 unspecified atom stereocenters. The van der Waals surface area contributed by atoms with Crippen molar-refractivity contribution < 1.29 is 13.2 Å². The summed E-state index contributed by atoms with van der Waals surface area (Å²) < 4.78 is 38.3. The van der Waals surface area contributed by atoms with E-state index in [2.05, 4.69) is 20.3 Å². The van der Waals surface area contributed by atoms with Crippen LogP contribution >= 0.6 is 12.2 Å². The van der Waals surface area contributed by atoms with Crippen LogP contribution in [-0.4, -0.2) is 26.1 Å². The van der Waals surface area contributed by atoms with E-state index in [-0.39, 0.29) is 4.77 Å². The van der Waals surface area contributed by atoms with Gasteiger partial charge in [0.05, 0.1) is 6.21 Å². The summed E-state index contributed by atoms with van der Waals surface area (Å²) in [6.45, 7) is 3.64. The molecule has 0 fully saturated rings. The molecule has 19 heavy (non-hydrogen) atoms. The number of alkyl halides is 3. The molecule has 0 aliphatic rings. The van der Waals surface area contributed by atoms with E-state index in [1.165, 1.54) is 6.21 Å². The normalized spacial score (nSPS) is 12.5. The maximum Gasteiger partial charge on any atom is 0.453 e. The van der Waals surface area contributed by atoms with Crippen molar-refractivity contribution in [3.8, 4) is 0 Å². The number of H-pyrrole nitrogens is 2. The Balaban J connectivity index is 2.42. The van der Waals surface area contributed by atoms with E-state index < -0.39 is 12.0 Å². The molecule has 2 N–H and O–H groups in total. The fourth-order valence-electron chi connectivity index (χ4n) is 1.58. The monoisotopic (exact) mass is 289 g/mol. The van der Waals surface area contributed by atoms with Crippen LogP contribution < -0.4 is 0 Å². The highest BCUT2D eigenvalue weighted by molar-refractivity contribution is 7.71. The van der Waals surface area contributed by atoms with Crippen molar-refractivity contribution in [3.63, 3.8) is 0 Å². The van der Waals surface area contributed by atoms with Crippen molar-refractivity contribution in [2.45, 2.75) is 20.0 Å². The Labute approximate surface area is 111 Å². The highest BCUT2D eigenvalue weighted by Crippen LogP contribution is 2.27. The van der Waals surface area contributed by atoms with Crippen molar-refractivity contribution in [2.24, 2.45) is 5.10 Å². The molecule has 0 amide bonds. The first-order valence-electron chi connectivity index (χ1n) is 5.24. The Kier molecular flexibility index (Phi) is 3.31. The Morgan fingerprint density at radius 1 is 1.42 bits per heavy atom. The van der Waals surface area contributed by atoms with Gasteiger partial charge < -0.3 is 4.98 Å². The van der Waals surface area contributed by atoms with Gasteiger partial charge in [-0.2, -0.15) is 22.9 Å². The Morgan fingerprint density at radius 3 is 2.63 bits per heavy atom. The van der Waals surface area contributed by atoms with Crippen LogP contribution in [0.4, 0.5) is 13.2 Å². The quantitative estimate of drug-likeness (QED) is 0.659. The largest absolute Gasteiger partial charge is 0.453 e. The van der Waals surface area contributed by atoms with Gasteiger partial charge in [-0.05, 0) is 32.1 Å². The molecule has 0 bridgehead atoms. The van der Waals surface area contributed by atoms with Gasteiger partial charge in [-0.15, -0.1) is 5.10 Å². The van der Waals surface area contributed by atoms with Crippen LogP contribution in [0.2, 0.25) is 0 Å². The predicted molar refractivity (Wildman–Crippen MR) is 65.7 cm³/mol. The molecule has 0 radical (unpaired) electrons. The number of hydrogen-bond acceptors (Lipinski definition) is 3. The third kappa shape index (κ3) is 2.75. The maximum atomic E-state index is 12.6.